The van der Waals surface area contributed by atoms with E-state index in [4.69, 9.17) is 4.74 Å². The van der Waals surface area contributed by atoms with Crippen LogP contribution >= 0.6 is 0 Å². The minimum atomic E-state index is -0.799. The van der Waals surface area contributed by atoms with E-state index >= 15 is 0 Å². The van der Waals surface area contributed by atoms with Crippen LogP contribution in [0.4, 0.5) is 0 Å². The monoisotopic (exact) mass is 938 g/mol. The van der Waals surface area contributed by atoms with Gasteiger partial charge in [0.05, 0.1) is 25.2 Å². The van der Waals surface area contributed by atoms with Crippen LogP contribution in [0, 0.1) is 0 Å². The number of allylic oxidation sites excluding steroid dienone is 10. The van der Waals surface area contributed by atoms with E-state index in [0.717, 1.165) is 103 Å². The van der Waals surface area contributed by atoms with E-state index < -0.39 is 18.2 Å². The van der Waals surface area contributed by atoms with E-state index in [1.807, 2.05) is 0 Å². The molecule has 0 spiro atoms. The van der Waals surface area contributed by atoms with Crippen LogP contribution in [0.2, 0.25) is 0 Å². The number of rotatable bonds is 52. The van der Waals surface area contributed by atoms with Crippen molar-refractivity contribution in [2.45, 2.75) is 309 Å². The van der Waals surface area contributed by atoms with E-state index in [0.29, 0.717) is 19.3 Å². The molecule has 0 saturated carbocycles. The van der Waals surface area contributed by atoms with Crippen LogP contribution in [-0.4, -0.2) is 46.9 Å². The number of esters is 1. The Balaban J connectivity index is 4.62. The zero-order chi connectivity index (χ0) is 48.8. The third-order valence-electron chi connectivity index (χ3n) is 13.1. The Bertz CT molecular complexity index is 1190. The Morgan fingerprint density at radius 3 is 1.25 bits per heavy atom. The smallest absolute Gasteiger partial charge is 0.306 e. The molecule has 0 aromatic heterocycles. The number of carbonyl (C=O) groups is 2. The van der Waals surface area contributed by atoms with Gasteiger partial charge in [0.1, 0.15) is 6.10 Å². The van der Waals surface area contributed by atoms with E-state index in [-0.39, 0.29) is 24.9 Å². The molecule has 67 heavy (non-hydrogen) atoms. The minimum Gasteiger partial charge on any atom is -0.462 e. The van der Waals surface area contributed by atoms with Crippen LogP contribution in [-0.2, 0) is 14.3 Å². The topological polar surface area (TPSA) is 95.9 Å². The molecule has 390 valence electrons. The molecular weight excluding hydrogens is 827 g/mol. The standard InChI is InChI=1S/C61H111NO5/c1-4-7-10-13-16-19-22-25-28-31-34-37-40-43-46-49-52-57(67-61(66)54-51-48-45-42-39-36-33-30-27-24-21-18-15-12-9-6-3)55-60(65)62-58(56-63)59(64)53-50-47-44-41-38-35-32-29-26-23-20-17-14-11-8-5-2/h9,12,18,21,27,30,34,36-37,39,57-59,63-64H,4-8,10-11,13-17,19-20,22-26,28-29,31-33,35,38,40-56H2,1-3H3,(H,62,65)/b12-9+,21-18+,30-27+,37-34+,39-36+. The highest BCUT2D eigenvalue weighted by atomic mass is 16.5. The Hall–Kier alpha value is -2.44. The molecule has 6 nitrogen and oxygen atoms in total. The summed E-state index contributed by atoms with van der Waals surface area (Å²) in [6, 6.07) is -0.715. The van der Waals surface area contributed by atoms with Gasteiger partial charge in [-0.3, -0.25) is 9.59 Å². The first kappa shape index (κ1) is 64.6. The van der Waals surface area contributed by atoms with Gasteiger partial charge < -0.3 is 20.3 Å². The summed E-state index contributed by atoms with van der Waals surface area (Å²) in [6.07, 6.45) is 68.6. The van der Waals surface area contributed by atoms with Crippen molar-refractivity contribution in [3.63, 3.8) is 0 Å². The fraction of sp³-hybridized carbons (Fsp3) is 0.803. The summed E-state index contributed by atoms with van der Waals surface area (Å²) in [5.41, 5.74) is 0. The Labute approximate surface area is 416 Å². The molecule has 3 N–H and O–H groups in total. The molecule has 0 radical (unpaired) electrons. The predicted octanol–water partition coefficient (Wildman–Crippen LogP) is 18.0. The highest BCUT2D eigenvalue weighted by Crippen LogP contribution is 2.18. The van der Waals surface area contributed by atoms with Crippen LogP contribution in [0.3, 0.4) is 0 Å². The molecule has 0 aliphatic rings. The Kier molecular flexibility index (Phi) is 52.5. The lowest BCUT2D eigenvalue weighted by molar-refractivity contribution is -0.151. The molecule has 0 aromatic rings. The number of unbranched alkanes of at least 4 members (excludes halogenated alkanes) is 30. The van der Waals surface area contributed by atoms with E-state index in [2.05, 4.69) is 86.8 Å². The molecule has 0 heterocycles. The summed E-state index contributed by atoms with van der Waals surface area (Å²) in [7, 11) is 0. The van der Waals surface area contributed by atoms with E-state index in [1.54, 1.807) is 0 Å². The minimum absolute atomic E-state index is 0.0540. The molecule has 0 rings (SSSR count). The van der Waals surface area contributed by atoms with Crippen molar-refractivity contribution >= 4 is 11.9 Å². The van der Waals surface area contributed by atoms with Gasteiger partial charge in [-0.2, -0.15) is 0 Å². The highest BCUT2D eigenvalue weighted by molar-refractivity contribution is 5.77. The maximum atomic E-state index is 13.3. The summed E-state index contributed by atoms with van der Waals surface area (Å²) in [5, 5.41) is 23.9. The zero-order valence-corrected chi connectivity index (χ0v) is 44.5. The average molecular weight is 939 g/mol. The first-order valence-corrected chi connectivity index (χ1v) is 29.0. The normalized spacial score (nSPS) is 13.6. The van der Waals surface area contributed by atoms with Gasteiger partial charge in [0.2, 0.25) is 5.91 Å². The number of hydrogen-bond acceptors (Lipinski definition) is 5. The third kappa shape index (κ3) is 49.8. The summed E-state index contributed by atoms with van der Waals surface area (Å²) in [6.45, 7) is 6.39. The molecular formula is C61H111NO5. The lowest BCUT2D eigenvalue weighted by Crippen LogP contribution is -2.46. The summed E-state index contributed by atoms with van der Waals surface area (Å²) in [5.74, 6) is -0.518. The van der Waals surface area contributed by atoms with Gasteiger partial charge in [-0.05, 0) is 89.9 Å². The molecule has 0 aromatic carbocycles. The van der Waals surface area contributed by atoms with Gasteiger partial charge in [-0.1, -0.05) is 248 Å². The zero-order valence-electron chi connectivity index (χ0n) is 44.5. The second-order valence-electron chi connectivity index (χ2n) is 19.7. The van der Waals surface area contributed by atoms with Gasteiger partial charge in [-0.25, -0.2) is 0 Å². The fourth-order valence-corrected chi connectivity index (χ4v) is 8.71. The summed E-state index contributed by atoms with van der Waals surface area (Å²) >= 11 is 0. The van der Waals surface area contributed by atoms with Crippen molar-refractivity contribution in [1.82, 2.24) is 5.32 Å². The molecule has 3 atom stereocenters. The van der Waals surface area contributed by atoms with Crippen molar-refractivity contribution < 1.29 is 24.5 Å². The van der Waals surface area contributed by atoms with Crippen LogP contribution in [0.15, 0.2) is 60.8 Å². The fourth-order valence-electron chi connectivity index (χ4n) is 8.71. The Morgan fingerprint density at radius 2 is 0.806 bits per heavy atom. The molecule has 0 aliphatic heterocycles. The third-order valence-corrected chi connectivity index (χ3v) is 13.1. The van der Waals surface area contributed by atoms with Crippen molar-refractivity contribution in [1.29, 1.82) is 0 Å². The summed E-state index contributed by atoms with van der Waals surface area (Å²) < 4.78 is 5.94. The van der Waals surface area contributed by atoms with Gasteiger partial charge in [-0.15, -0.1) is 0 Å². The number of hydrogen-bond donors (Lipinski definition) is 3. The first-order chi connectivity index (χ1) is 33.0. The van der Waals surface area contributed by atoms with Crippen molar-refractivity contribution in [2.75, 3.05) is 6.61 Å². The van der Waals surface area contributed by atoms with Gasteiger partial charge in [0.15, 0.2) is 0 Å². The SMILES string of the molecule is CC/C=C/C/C=C/C/C=C/C/C=C/CCCCCC(=O)OC(CCCCC/C=C/CCCCCCCCCCC)CC(=O)NC(CO)C(O)CCCCCCCCCCCCCCCCCC. The number of ether oxygens (including phenoxy) is 1. The molecule has 0 bridgehead atoms. The molecule has 0 saturated heterocycles. The molecule has 1 amide bonds. The van der Waals surface area contributed by atoms with Gasteiger partial charge in [0.25, 0.3) is 0 Å². The number of amides is 1. The molecule has 6 heteroatoms. The average Bonchev–Trinajstić information content (AvgIpc) is 3.32. The number of nitrogens with one attached hydrogen (secondary N) is 1. The first-order valence-electron chi connectivity index (χ1n) is 29.0. The van der Waals surface area contributed by atoms with Crippen LogP contribution in [0.5, 0.6) is 0 Å². The van der Waals surface area contributed by atoms with Crippen LogP contribution < -0.4 is 5.32 Å². The van der Waals surface area contributed by atoms with Gasteiger partial charge in [0, 0.05) is 6.42 Å². The van der Waals surface area contributed by atoms with Crippen molar-refractivity contribution in [3.05, 3.63) is 60.8 Å². The maximum Gasteiger partial charge on any atom is 0.306 e. The van der Waals surface area contributed by atoms with Crippen molar-refractivity contribution in [2.24, 2.45) is 0 Å². The quantitative estimate of drug-likeness (QED) is 0.0321. The predicted molar refractivity (Wildman–Crippen MR) is 292 cm³/mol. The lowest BCUT2D eigenvalue weighted by Gasteiger charge is -2.24. The second kappa shape index (κ2) is 54.5. The van der Waals surface area contributed by atoms with Crippen molar-refractivity contribution in [3.8, 4) is 0 Å². The van der Waals surface area contributed by atoms with E-state index in [1.165, 1.54) is 141 Å². The van der Waals surface area contributed by atoms with Crippen LogP contribution in [0.25, 0.3) is 0 Å². The number of aliphatic hydroxyl groups excluding tert-OH is 2. The van der Waals surface area contributed by atoms with E-state index in [9.17, 15) is 19.8 Å². The number of carbonyl (C=O) groups excluding carboxylic acids is 2. The molecule has 3 unspecified atom stereocenters. The molecule has 0 aliphatic carbocycles. The van der Waals surface area contributed by atoms with Crippen LogP contribution in [0.1, 0.15) is 290 Å². The largest absolute Gasteiger partial charge is 0.462 e. The molecule has 0 fully saturated rings. The highest BCUT2D eigenvalue weighted by Gasteiger charge is 2.24. The second-order valence-corrected chi connectivity index (χ2v) is 19.7. The number of aliphatic hydroxyl groups is 2. The maximum absolute atomic E-state index is 13.3. The summed E-state index contributed by atoms with van der Waals surface area (Å²) in [4.78, 5) is 26.3. The Morgan fingerprint density at radius 1 is 0.448 bits per heavy atom. The van der Waals surface area contributed by atoms with Gasteiger partial charge >= 0.3 is 5.97 Å². The lowest BCUT2D eigenvalue weighted by atomic mass is 10.0.